The molecule has 5 nitrogen and oxygen atoms in total. The second-order valence-corrected chi connectivity index (χ2v) is 7.14. The van der Waals surface area contributed by atoms with Crippen LogP contribution in [0.25, 0.3) is 0 Å². The number of pyridine rings is 1. The first-order chi connectivity index (χ1) is 14.2. The topological polar surface area (TPSA) is 62.3 Å². The predicted molar refractivity (Wildman–Crippen MR) is 113 cm³/mol. The second kappa shape index (κ2) is 8.27. The number of aryl methyl sites for hydroxylation is 1. The van der Waals surface area contributed by atoms with Crippen molar-refractivity contribution in [3.8, 4) is 0 Å². The number of amides is 2. The van der Waals surface area contributed by atoms with E-state index in [9.17, 15) is 9.59 Å². The molecule has 4 rings (SSSR count). The Kier molecular flexibility index (Phi) is 5.38. The molecule has 146 valence electrons. The maximum absolute atomic E-state index is 13.0. The van der Waals surface area contributed by atoms with Crippen molar-refractivity contribution in [2.75, 3.05) is 11.9 Å². The molecule has 1 aliphatic rings. The normalized spacial score (nSPS) is 12.9. The summed E-state index contributed by atoms with van der Waals surface area (Å²) in [5, 5.41) is 2.94. The molecule has 2 aromatic carbocycles. The molecule has 0 bridgehead atoms. The van der Waals surface area contributed by atoms with Crippen LogP contribution in [-0.2, 0) is 19.4 Å². The number of nitrogens with one attached hydrogen (secondary N) is 1. The van der Waals surface area contributed by atoms with Crippen molar-refractivity contribution >= 4 is 17.5 Å². The van der Waals surface area contributed by atoms with Gasteiger partial charge in [-0.2, -0.15) is 0 Å². The highest BCUT2D eigenvalue weighted by atomic mass is 16.2. The van der Waals surface area contributed by atoms with E-state index in [1.807, 2.05) is 43.3 Å². The van der Waals surface area contributed by atoms with Crippen LogP contribution in [0.5, 0.6) is 0 Å². The number of para-hydroxylation sites is 1. The van der Waals surface area contributed by atoms with Gasteiger partial charge in [-0.15, -0.1) is 0 Å². The van der Waals surface area contributed by atoms with Crippen LogP contribution in [-0.4, -0.2) is 28.2 Å². The van der Waals surface area contributed by atoms with Crippen LogP contribution >= 0.6 is 0 Å². The first kappa shape index (κ1) is 18.9. The molecule has 0 atom stereocenters. The average molecular weight is 385 g/mol. The van der Waals surface area contributed by atoms with Gasteiger partial charge in [-0.3, -0.25) is 14.6 Å². The van der Waals surface area contributed by atoms with Gasteiger partial charge in [0.05, 0.1) is 0 Å². The smallest absolute Gasteiger partial charge is 0.272 e. The molecule has 0 fully saturated rings. The van der Waals surface area contributed by atoms with Gasteiger partial charge in [0.2, 0.25) is 0 Å². The van der Waals surface area contributed by atoms with Crippen molar-refractivity contribution in [3.63, 3.8) is 0 Å². The summed E-state index contributed by atoms with van der Waals surface area (Å²) >= 11 is 0. The van der Waals surface area contributed by atoms with Gasteiger partial charge in [0, 0.05) is 30.5 Å². The summed E-state index contributed by atoms with van der Waals surface area (Å²) in [6.45, 7) is 3.26. The Balaban J connectivity index is 1.51. The third-order valence-corrected chi connectivity index (χ3v) is 5.31. The molecule has 29 heavy (non-hydrogen) atoms. The summed E-state index contributed by atoms with van der Waals surface area (Å²) in [5.74, 6) is -0.394. The minimum absolute atomic E-state index is 0.150. The number of hydrogen-bond donors (Lipinski definition) is 1. The van der Waals surface area contributed by atoms with E-state index < -0.39 is 0 Å². The molecule has 0 aliphatic carbocycles. The zero-order valence-corrected chi connectivity index (χ0v) is 16.4. The largest absolute Gasteiger partial charge is 0.333 e. The molecule has 0 unspecified atom stereocenters. The summed E-state index contributed by atoms with van der Waals surface area (Å²) in [5.41, 5.74) is 5.02. The summed E-state index contributed by atoms with van der Waals surface area (Å²) in [7, 11) is 0. The molecule has 2 amide bonds. The molecule has 5 heteroatoms. The maximum Gasteiger partial charge on any atom is 0.272 e. The molecular formula is C24H23N3O2. The standard InChI is InChI=1S/C24H23N3O2/c1-2-17-7-5-6-10-21(17)26-23(28)19-11-13-25-22(15-19)24(29)27-14-12-18-8-3-4-9-20(18)16-27/h3-11,13,15H,2,12,14,16H2,1H3,(H,26,28). The Morgan fingerprint density at radius 3 is 2.62 bits per heavy atom. The van der Waals surface area contributed by atoms with Gasteiger partial charge in [0.25, 0.3) is 11.8 Å². The molecule has 2 heterocycles. The van der Waals surface area contributed by atoms with Gasteiger partial charge in [-0.1, -0.05) is 49.4 Å². The lowest BCUT2D eigenvalue weighted by Gasteiger charge is -2.28. The number of hydrogen-bond acceptors (Lipinski definition) is 3. The molecule has 3 aromatic rings. The number of benzene rings is 2. The van der Waals surface area contributed by atoms with E-state index in [2.05, 4.69) is 22.4 Å². The predicted octanol–water partition coefficient (Wildman–Crippen LogP) is 4.09. The highest BCUT2D eigenvalue weighted by Gasteiger charge is 2.23. The third-order valence-electron chi connectivity index (χ3n) is 5.31. The van der Waals surface area contributed by atoms with Gasteiger partial charge in [0.1, 0.15) is 5.69 Å². The zero-order valence-electron chi connectivity index (χ0n) is 16.4. The highest BCUT2D eigenvalue weighted by Crippen LogP contribution is 2.21. The fourth-order valence-electron chi connectivity index (χ4n) is 3.66. The van der Waals surface area contributed by atoms with E-state index in [1.165, 1.54) is 11.8 Å². The summed E-state index contributed by atoms with van der Waals surface area (Å²) in [4.78, 5) is 31.7. The van der Waals surface area contributed by atoms with Gasteiger partial charge in [-0.05, 0) is 47.7 Å². The molecule has 1 N–H and O–H groups in total. The van der Waals surface area contributed by atoms with Crippen molar-refractivity contribution < 1.29 is 9.59 Å². The van der Waals surface area contributed by atoms with Crippen molar-refractivity contribution in [1.82, 2.24) is 9.88 Å². The number of carbonyl (C=O) groups excluding carboxylic acids is 2. The van der Waals surface area contributed by atoms with Gasteiger partial charge in [0.15, 0.2) is 0 Å². The average Bonchev–Trinajstić information content (AvgIpc) is 2.78. The number of rotatable bonds is 4. The minimum Gasteiger partial charge on any atom is -0.333 e. The Morgan fingerprint density at radius 2 is 1.79 bits per heavy atom. The van der Waals surface area contributed by atoms with Crippen LogP contribution in [0.15, 0.2) is 66.9 Å². The van der Waals surface area contributed by atoms with Crippen LogP contribution in [0.3, 0.4) is 0 Å². The van der Waals surface area contributed by atoms with Crippen LogP contribution in [0, 0.1) is 0 Å². The van der Waals surface area contributed by atoms with Crippen molar-refractivity contribution in [2.24, 2.45) is 0 Å². The van der Waals surface area contributed by atoms with Crippen molar-refractivity contribution in [2.45, 2.75) is 26.3 Å². The lowest BCUT2D eigenvalue weighted by molar-refractivity contribution is 0.0728. The van der Waals surface area contributed by atoms with Crippen molar-refractivity contribution in [3.05, 3.63) is 94.8 Å². The van der Waals surface area contributed by atoms with Crippen LogP contribution < -0.4 is 5.32 Å². The highest BCUT2D eigenvalue weighted by molar-refractivity contribution is 6.06. The van der Waals surface area contributed by atoms with E-state index in [-0.39, 0.29) is 11.8 Å². The van der Waals surface area contributed by atoms with Crippen LogP contribution in [0.1, 0.15) is 44.5 Å². The third kappa shape index (κ3) is 4.04. The lowest BCUT2D eigenvalue weighted by atomic mass is 9.99. The first-order valence-corrected chi connectivity index (χ1v) is 9.87. The molecule has 0 saturated carbocycles. The zero-order chi connectivity index (χ0) is 20.2. The second-order valence-electron chi connectivity index (χ2n) is 7.14. The van der Waals surface area contributed by atoms with E-state index in [0.717, 1.165) is 29.7 Å². The number of aromatic nitrogens is 1. The molecule has 0 saturated heterocycles. The summed E-state index contributed by atoms with van der Waals surface area (Å²) < 4.78 is 0. The SMILES string of the molecule is CCc1ccccc1NC(=O)c1ccnc(C(=O)N2CCc3ccccc3C2)c1. The van der Waals surface area contributed by atoms with Crippen molar-refractivity contribution in [1.29, 1.82) is 0 Å². The fourth-order valence-corrected chi connectivity index (χ4v) is 3.66. The lowest BCUT2D eigenvalue weighted by Crippen LogP contribution is -2.36. The van der Waals surface area contributed by atoms with E-state index in [4.69, 9.17) is 0 Å². The summed E-state index contributed by atoms with van der Waals surface area (Å²) in [6.07, 6.45) is 3.18. The van der Waals surface area contributed by atoms with Gasteiger partial charge < -0.3 is 10.2 Å². The molecule has 1 aliphatic heterocycles. The monoisotopic (exact) mass is 385 g/mol. The van der Waals surface area contributed by atoms with E-state index in [0.29, 0.717) is 24.3 Å². The Morgan fingerprint density at radius 1 is 1.03 bits per heavy atom. The van der Waals surface area contributed by atoms with Gasteiger partial charge >= 0.3 is 0 Å². The van der Waals surface area contributed by atoms with Gasteiger partial charge in [-0.25, -0.2) is 0 Å². The number of anilines is 1. The maximum atomic E-state index is 13.0. The Bertz CT molecular complexity index is 1060. The number of carbonyl (C=O) groups is 2. The number of nitrogens with zero attached hydrogens (tertiary/aromatic N) is 2. The fraction of sp³-hybridized carbons (Fsp3) is 0.208. The molecule has 0 radical (unpaired) electrons. The Labute approximate surface area is 170 Å². The van der Waals surface area contributed by atoms with Crippen LogP contribution in [0.2, 0.25) is 0 Å². The van der Waals surface area contributed by atoms with E-state index in [1.54, 1.807) is 17.0 Å². The van der Waals surface area contributed by atoms with E-state index >= 15 is 0 Å². The molecule has 1 aromatic heterocycles. The Hall–Kier alpha value is -3.47. The molecular weight excluding hydrogens is 362 g/mol. The first-order valence-electron chi connectivity index (χ1n) is 9.87. The minimum atomic E-state index is -0.244. The summed E-state index contributed by atoms with van der Waals surface area (Å²) in [6, 6.07) is 19.1. The van der Waals surface area contributed by atoms with Crippen LogP contribution in [0.4, 0.5) is 5.69 Å². The number of fused-ring (bicyclic) bond motifs is 1. The quantitative estimate of drug-likeness (QED) is 0.736. The molecule has 0 spiro atoms.